The Morgan fingerprint density at radius 3 is 2.75 bits per heavy atom. The quantitative estimate of drug-likeness (QED) is 0.535. The van der Waals surface area contributed by atoms with Gasteiger partial charge >= 0.3 is 6.03 Å². The van der Waals surface area contributed by atoms with Crippen molar-refractivity contribution in [3.8, 4) is 0 Å². The molecule has 1 saturated carbocycles. The Labute approximate surface area is 134 Å². The van der Waals surface area contributed by atoms with Crippen LogP contribution in [0.3, 0.4) is 0 Å². The van der Waals surface area contributed by atoms with E-state index in [1.807, 2.05) is 18.2 Å². The smallest absolute Gasteiger partial charge is 0.321 e. The molecule has 0 aliphatic heterocycles. The first-order valence-electron chi connectivity index (χ1n) is 6.33. The summed E-state index contributed by atoms with van der Waals surface area (Å²) in [4.78, 5) is 15.9. The van der Waals surface area contributed by atoms with E-state index in [9.17, 15) is 4.79 Å². The van der Waals surface area contributed by atoms with E-state index in [1.165, 1.54) is 12.8 Å². The third-order valence-corrected chi connectivity index (χ3v) is 4.00. The summed E-state index contributed by atoms with van der Waals surface area (Å²) in [5.74, 6) is 1.12. The summed E-state index contributed by atoms with van der Waals surface area (Å²) in [6, 6.07) is 5.47. The maximum absolute atomic E-state index is 11.4. The number of nitrogens with one attached hydrogen (secondary N) is 3. The van der Waals surface area contributed by atoms with Crippen LogP contribution in [-0.4, -0.2) is 25.6 Å². The standard InChI is InChI=1S/C13H16Br2N4O/c1-16-13(20)19-12(17-7-8-2-3-8)18-11-5-4-9(14)6-10(11)15/h4-6,8H,2-3,7H2,1H3,(H3,16,17,18,19,20). The van der Waals surface area contributed by atoms with Gasteiger partial charge in [-0.2, -0.15) is 0 Å². The summed E-state index contributed by atoms with van der Waals surface area (Å²) in [6.07, 6.45) is 2.44. The lowest BCUT2D eigenvalue weighted by Crippen LogP contribution is -2.41. The van der Waals surface area contributed by atoms with Crippen molar-refractivity contribution in [2.24, 2.45) is 10.9 Å². The molecule has 0 bridgehead atoms. The number of hydrogen-bond donors (Lipinski definition) is 3. The molecule has 3 N–H and O–H groups in total. The molecule has 1 aliphatic rings. The van der Waals surface area contributed by atoms with E-state index in [0.29, 0.717) is 11.9 Å². The largest absolute Gasteiger partial charge is 0.341 e. The second-order valence-electron chi connectivity index (χ2n) is 4.59. The highest BCUT2D eigenvalue weighted by Gasteiger charge is 2.21. The first-order chi connectivity index (χ1) is 9.58. The van der Waals surface area contributed by atoms with Gasteiger partial charge in [0.15, 0.2) is 0 Å². The monoisotopic (exact) mass is 402 g/mol. The molecule has 1 aromatic carbocycles. The second kappa shape index (κ2) is 7.08. The Bertz CT molecular complexity index is 529. The fraction of sp³-hybridized carbons (Fsp3) is 0.385. The third kappa shape index (κ3) is 4.79. The predicted octanol–water partition coefficient (Wildman–Crippen LogP) is 3.32. The number of hydrogen-bond acceptors (Lipinski definition) is 2. The predicted molar refractivity (Wildman–Crippen MR) is 88.1 cm³/mol. The molecule has 0 spiro atoms. The molecular formula is C13H16Br2N4O. The van der Waals surface area contributed by atoms with Crippen molar-refractivity contribution in [3.63, 3.8) is 0 Å². The van der Waals surface area contributed by atoms with E-state index in [0.717, 1.165) is 21.2 Å². The zero-order chi connectivity index (χ0) is 14.5. The lowest BCUT2D eigenvalue weighted by Gasteiger charge is -2.13. The van der Waals surface area contributed by atoms with Crippen LogP contribution in [0.4, 0.5) is 10.5 Å². The van der Waals surface area contributed by atoms with Gasteiger partial charge in [0.25, 0.3) is 0 Å². The maximum atomic E-state index is 11.4. The molecule has 0 atom stereocenters. The maximum Gasteiger partial charge on any atom is 0.321 e. The summed E-state index contributed by atoms with van der Waals surface area (Å²) in [6.45, 7) is 0.737. The summed E-state index contributed by atoms with van der Waals surface area (Å²) in [5.41, 5.74) is 0.846. The summed E-state index contributed by atoms with van der Waals surface area (Å²) < 4.78 is 1.87. The molecule has 0 saturated heterocycles. The highest BCUT2D eigenvalue weighted by atomic mass is 79.9. The van der Waals surface area contributed by atoms with Crippen molar-refractivity contribution in [2.75, 3.05) is 18.9 Å². The van der Waals surface area contributed by atoms with E-state index in [2.05, 4.69) is 52.8 Å². The molecule has 108 valence electrons. The van der Waals surface area contributed by atoms with Gasteiger partial charge in [-0.15, -0.1) is 0 Å². The number of urea groups is 1. The van der Waals surface area contributed by atoms with Crippen molar-refractivity contribution in [3.05, 3.63) is 27.1 Å². The van der Waals surface area contributed by atoms with Crippen LogP contribution in [0.1, 0.15) is 12.8 Å². The Kier molecular flexibility index (Phi) is 5.42. The van der Waals surface area contributed by atoms with Gasteiger partial charge in [-0.05, 0) is 52.9 Å². The molecule has 0 unspecified atom stereocenters. The van der Waals surface area contributed by atoms with Gasteiger partial charge in [-0.25, -0.2) is 4.79 Å². The minimum atomic E-state index is -0.291. The average molecular weight is 404 g/mol. The number of benzene rings is 1. The molecule has 2 amide bonds. The zero-order valence-corrected chi connectivity index (χ0v) is 14.2. The number of halogens is 2. The van der Waals surface area contributed by atoms with Gasteiger partial charge in [0.05, 0.1) is 5.69 Å². The number of aliphatic imine (C=N–C) groups is 1. The first kappa shape index (κ1) is 15.3. The molecule has 0 radical (unpaired) electrons. The molecule has 7 heteroatoms. The van der Waals surface area contributed by atoms with E-state index in [1.54, 1.807) is 7.05 Å². The fourth-order valence-corrected chi connectivity index (χ4v) is 2.67. The third-order valence-electron chi connectivity index (χ3n) is 2.85. The van der Waals surface area contributed by atoms with Gasteiger partial charge in [0.1, 0.15) is 0 Å². The number of rotatable bonds is 3. The number of guanidine groups is 1. The molecule has 1 fully saturated rings. The number of anilines is 1. The fourth-order valence-electron chi connectivity index (χ4n) is 1.52. The average Bonchev–Trinajstić information content (AvgIpc) is 3.23. The van der Waals surface area contributed by atoms with Crippen molar-refractivity contribution in [2.45, 2.75) is 12.8 Å². The van der Waals surface area contributed by atoms with E-state index in [-0.39, 0.29) is 6.03 Å². The van der Waals surface area contributed by atoms with Crippen molar-refractivity contribution in [1.82, 2.24) is 10.6 Å². The number of carbonyl (C=O) groups excluding carboxylic acids is 1. The van der Waals surface area contributed by atoms with Gasteiger partial charge < -0.3 is 10.6 Å². The van der Waals surface area contributed by atoms with Gasteiger partial charge in [-0.3, -0.25) is 10.3 Å². The Morgan fingerprint density at radius 1 is 1.40 bits per heavy atom. The molecule has 0 aromatic heterocycles. The Morgan fingerprint density at radius 2 is 2.15 bits per heavy atom. The lowest BCUT2D eigenvalue weighted by atomic mass is 10.3. The van der Waals surface area contributed by atoms with Crippen LogP contribution in [-0.2, 0) is 0 Å². The van der Waals surface area contributed by atoms with Crippen LogP contribution in [0.25, 0.3) is 0 Å². The summed E-state index contributed by atoms with van der Waals surface area (Å²) in [5, 5.41) is 8.35. The molecule has 20 heavy (non-hydrogen) atoms. The van der Waals surface area contributed by atoms with Crippen LogP contribution >= 0.6 is 31.9 Å². The van der Waals surface area contributed by atoms with E-state index < -0.39 is 0 Å². The highest BCUT2D eigenvalue weighted by Crippen LogP contribution is 2.29. The molecule has 0 heterocycles. The zero-order valence-electron chi connectivity index (χ0n) is 11.0. The Hall–Kier alpha value is -1.08. The molecular weight excluding hydrogens is 388 g/mol. The minimum absolute atomic E-state index is 0.291. The summed E-state index contributed by atoms with van der Waals surface area (Å²) >= 11 is 6.88. The van der Waals surface area contributed by atoms with Crippen LogP contribution in [0.5, 0.6) is 0 Å². The lowest BCUT2D eigenvalue weighted by molar-refractivity contribution is 0.247. The molecule has 2 rings (SSSR count). The molecule has 1 aromatic rings. The van der Waals surface area contributed by atoms with Crippen LogP contribution in [0.15, 0.2) is 32.1 Å². The SMILES string of the molecule is CNC(=O)NC(=NCC1CC1)Nc1ccc(Br)cc1Br. The molecule has 5 nitrogen and oxygen atoms in total. The van der Waals surface area contributed by atoms with Crippen molar-refractivity contribution >= 4 is 49.5 Å². The normalized spacial score (nSPS) is 14.8. The van der Waals surface area contributed by atoms with Gasteiger partial charge in [-0.1, -0.05) is 15.9 Å². The van der Waals surface area contributed by atoms with Crippen molar-refractivity contribution in [1.29, 1.82) is 0 Å². The number of amides is 2. The van der Waals surface area contributed by atoms with Gasteiger partial charge in [0.2, 0.25) is 5.96 Å². The second-order valence-corrected chi connectivity index (χ2v) is 6.36. The topological polar surface area (TPSA) is 65.5 Å². The summed E-state index contributed by atoms with van der Waals surface area (Å²) in [7, 11) is 1.57. The molecule has 1 aliphatic carbocycles. The van der Waals surface area contributed by atoms with Gasteiger partial charge in [0, 0.05) is 22.5 Å². The first-order valence-corrected chi connectivity index (χ1v) is 7.92. The minimum Gasteiger partial charge on any atom is -0.341 e. The van der Waals surface area contributed by atoms with Crippen LogP contribution in [0.2, 0.25) is 0 Å². The number of carbonyl (C=O) groups is 1. The van der Waals surface area contributed by atoms with E-state index >= 15 is 0 Å². The highest BCUT2D eigenvalue weighted by molar-refractivity contribution is 9.11. The van der Waals surface area contributed by atoms with E-state index in [4.69, 9.17) is 0 Å². The number of nitrogens with zero attached hydrogens (tertiary/aromatic N) is 1. The van der Waals surface area contributed by atoms with Crippen LogP contribution < -0.4 is 16.0 Å². The van der Waals surface area contributed by atoms with Crippen LogP contribution in [0, 0.1) is 5.92 Å². The van der Waals surface area contributed by atoms with Crippen molar-refractivity contribution < 1.29 is 4.79 Å². The Balaban J connectivity index is 2.08.